The van der Waals surface area contributed by atoms with Gasteiger partial charge in [0.2, 0.25) is 0 Å². The number of aliphatic hydroxyl groups excluding tert-OH is 1. The fraction of sp³-hybridized carbons (Fsp3) is 0.176. The maximum atomic E-state index is 9.88. The van der Waals surface area contributed by atoms with Crippen molar-refractivity contribution in [1.82, 2.24) is 5.32 Å². The predicted molar refractivity (Wildman–Crippen MR) is 80.6 cm³/mol. The summed E-state index contributed by atoms with van der Waals surface area (Å²) in [6.07, 6.45) is 0.864. The fourth-order valence-corrected chi connectivity index (χ4v) is 2.03. The Labute approximate surface area is 128 Å². The van der Waals surface area contributed by atoms with Crippen LogP contribution in [-0.4, -0.2) is 11.7 Å². The van der Waals surface area contributed by atoms with Gasteiger partial charge in [-0.15, -0.1) is 0 Å². The van der Waals surface area contributed by atoms with Crippen molar-refractivity contribution in [2.75, 3.05) is 6.54 Å². The lowest BCUT2D eigenvalue weighted by atomic mass is 10.2. The summed E-state index contributed by atoms with van der Waals surface area (Å²) in [5, 5.41) is 13.0. The van der Waals surface area contributed by atoms with Crippen molar-refractivity contribution in [3.8, 4) is 11.7 Å². The lowest BCUT2D eigenvalue weighted by Crippen LogP contribution is -2.20. The summed E-state index contributed by atoms with van der Waals surface area (Å²) in [5.41, 5.74) is 0. The van der Waals surface area contributed by atoms with E-state index in [-0.39, 0.29) is 0 Å². The molecular formula is C17H17NO4. The van der Waals surface area contributed by atoms with Crippen molar-refractivity contribution in [2.45, 2.75) is 12.6 Å². The van der Waals surface area contributed by atoms with Crippen LogP contribution in [0.1, 0.15) is 17.6 Å². The molecule has 5 heteroatoms. The van der Waals surface area contributed by atoms with Crippen LogP contribution < -0.4 is 10.1 Å². The van der Waals surface area contributed by atoms with Crippen molar-refractivity contribution in [3.05, 3.63) is 72.4 Å². The van der Waals surface area contributed by atoms with Crippen molar-refractivity contribution < 1.29 is 18.7 Å². The number of hydrogen-bond donors (Lipinski definition) is 2. The van der Waals surface area contributed by atoms with Crippen LogP contribution >= 0.6 is 0 Å². The second-order valence-corrected chi connectivity index (χ2v) is 4.80. The van der Waals surface area contributed by atoms with Gasteiger partial charge in [-0.1, -0.05) is 18.2 Å². The minimum atomic E-state index is -0.676. The first-order valence-corrected chi connectivity index (χ1v) is 7.05. The van der Waals surface area contributed by atoms with Crippen molar-refractivity contribution >= 4 is 0 Å². The van der Waals surface area contributed by atoms with Crippen molar-refractivity contribution in [1.29, 1.82) is 0 Å². The maximum Gasteiger partial charge on any atom is 0.290 e. The number of benzene rings is 1. The first-order chi connectivity index (χ1) is 10.8. The third-order valence-corrected chi connectivity index (χ3v) is 3.11. The van der Waals surface area contributed by atoms with E-state index >= 15 is 0 Å². The fourth-order valence-electron chi connectivity index (χ4n) is 2.03. The largest absolute Gasteiger partial charge is 0.467 e. The molecule has 114 valence electrons. The summed E-state index contributed by atoms with van der Waals surface area (Å²) in [6, 6.07) is 16.5. The third-order valence-electron chi connectivity index (χ3n) is 3.11. The Morgan fingerprint density at radius 2 is 1.91 bits per heavy atom. The molecule has 5 nitrogen and oxygen atoms in total. The number of furan rings is 2. The molecule has 1 aromatic carbocycles. The molecular weight excluding hydrogens is 282 g/mol. The van der Waals surface area contributed by atoms with Crippen LogP contribution in [0.5, 0.6) is 11.7 Å². The van der Waals surface area contributed by atoms with Crippen LogP contribution in [-0.2, 0) is 6.54 Å². The minimum Gasteiger partial charge on any atom is -0.467 e. The van der Waals surface area contributed by atoms with Gasteiger partial charge in [0, 0.05) is 12.6 Å². The van der Waals surface area contributed by atoms with E-state index in [9.17, 15) is 5.11 Å². The van der Waals surface area contributed by atoms with Gasteiger partial charge in [0.15, 0.2) is 0 Å². The molecule has 0 aliphatic carbocycles. The van der Waals surface area contributed by atoms with Crippen LogP contribution in [0.3, 0.4) is 0 Å². The normalized spacial score (nSPS) is 12.2. The highest BCUT2D eigenvalue weighted by Gasteiger charge is 2.10. The first-order valence-electron chi connectivity index (χ1n) is 7.05. The van der Waals surface area contributed by atoms with E-state index in [1.165, 1.54) is 6.26 Å². The monoisotopic (exact) mass is 299 g/mol. The number of aliphatic hydroxyl groups is 1. The van der Waals surface area contributed by atoms with E-state index < -0.39 is 6.10 Å². The van der Waals surface area contributed by atoms with Gasteiger partial charge in [0.25, 0.3) is 5.95 Å². The zero-order chi connectivity index (χ0) is 15.2. The highest BCUT2D eigenvalue weighted by atomic mass is 16.6. The number of hydrogen-bond acceptors (Lipinski definition) is 5. The van der Waals surface area contributed by atoms with E-state index in [4.69, 9.17) is 13.6 Å². The lowest BCUT2D eigenvalue weighted by molar-refractivity contribution is 0.146. The molecule has 22 heavy (non-hydrogen) atoms. The van der Waals surface area contributed by atoms with Crippen LogP contribution in [0.25, 0.3) is 0 Å². The molecule has 1 atom stereocenters. The molecule has 0 amide bonds. The van der Waals surface area contributed by atoms with Gasteiger partial charge in [-0.3, -0.25) is 0 Å². The molecule has 3 rings (SSSR count). The van der Waals surface area contributed by atoms with Gasteiger partial charge >= 0.3 is 0 Å². The summed E-state index contributed by atoms with van der Waals surface area (Å²) in [7, 11) is 0. The smallest absolute Gasteiger partial charge is 0.290 e. The van der Waals surface area contributed by atoms with Crippen LogP contribution in [0.15, 0.2) is 69.7 Å². The number of ether oxygens (including phenoxy) is 1. The second kappa shape index (κ2) is 6.98. The quantitative estimate of drug-likeness (QED) is 0.699. The van der Waals surface area contributed by atoms with Gasteiger partial charge in [-0.05, 0) is 30.3 Å². The molecule has 3 aromatic rings. The Hall–Kier alpha value is -2.50. The Kier molecular flexibility index (Phi) is 4.58. The van der Waals surface area contributed by atoms with E-state index in [2.05, 4.69) is 5.32 Å². The number of rotatable bonds is 7. The number of nitrogens with one attached hydrogen (secondary N) is 1. The van der Waals surface area contributed by atoms with Gasteiger partial charge in [-0.2, -0.15) is 0 Å². The highest BCUT2D eigenvalue weighted by Crippen LogP contribution is 2.23. The lowest BCUT2D eigenvalue weighted by Gasteiger charge is -2.08. The molecule has 0 radical (unpaired) electrons. The molecule has 0 aliphatic rings. The maximum absolute atomic E-state index is 9.88. The minimum absolute atomic E-state index is 0.378. The average molecular weight is 299 g/mol. The molecule has 0 saturated carbocycles. The summed E-state index contributed by atoms with van der Waals surface area (Å²) in [5.74, 6) is 2.44. The summed E-state index contributed by atoms with van der Waals surface area (Å²) >= 11 is 0. The van der Waals surface area contributed by atoms with Crippen LogP contribution in [0.4, 0.5) is 0 Å². The summed E-state index contributed by atoms with van der Waals surface area (Å²) < 4.78 is 16.3. The molecule has 2 heterocycles. The van der Waals surface area contributed by atoms with Crippen molar-refractivity contribution in [3.63, 3.8) is 0 Å². The standard InChI is InChI=1S/C17H17NO4/c19-15(16-7-4-10-20-16)12-18-11-14-8-9-17(22-14)21-13-5-2-1-3-6-13/h1-10,15,18-19H,11-12H2. The van der Waals surface area contributed by atoms with Gasteiger partial charge < -0.3 is 24.0 Å². The zero-order valence-corrected chi connectivity index (χ0v) is 11.9. The second-order valence-electron chi connectivity index (χ2n) is 4.80. The first kappa shape index (κ1) is 14.4. The predicted octanol–water partition coefficient (Wildman–Crippen LogP) is 3.49. The molecule has 2 N–H and O–H groups in total. The Balaban J connectivity index is 1.48. The SMILES string of the molecule is OC(CNCc1ccc(Oc2ccccc2)o1)c1ccco1. The molecule has 1 unspecified atom stereocenters. The van der Waals surface area contributed by atoms with E-state index in [0.717, 1.165) is 11.5 Å². The Morgan fingerprint density at radius 3 is 2.68 bits per heavy atom. The Bertz CT molecular complexity index is 676. The Morgan fingerprint density at radius 1 is 1.05 bits per heavy atom. The molecule has 0 spiro atoms. The zero-order valence-electron chi connectivity index (χ0n) is 11.9. The number of para-hydroxylation sites is 1. The van der Waals surface area contributed by atoms with E-state index in [1.54, 1.807) is 18.2 Å². The topological polar surface area (TPSA) is 67.8 Å². The molecule has 0 bridgehead atoms. The molecule has 2 aromatic heterocycles. The van der Waals surface area contributed by atoms with Crippen molar-refractivity contribution in [2.24, 2.45) is 0 Å². The summed E-state index contributed by atoms with van der Waals surface area (Å²) in [6.45, 7) is 0.874. The van der Waals surface area contributed by atoms with Gasteiger partial charge in [0.1, 0.15) is 23.4 Å². The van der Waals surface area contributed by atoms with E-state index in [1.807, 2.05) is 36.4 Å². The highest BCUT2D eigenvalue weighted by molar-refractivity contribution is 5.26. The van der Waals surface area contributed by atoms with Gasteiger partial charge in [0.05, 0.1) is 12.8 Å². The van der Waals surface area contributed by atoms with Crippen LogP contribution in [0, 0.1) is 0 Å². The van der Waals surface area contributed by atoms with Gasteiger partial charge in [-0.25, -0.2) is 0 Å². The third kappa shape index (κ3) is 3.78. The van der Waals surface area contributed by atoms with Crippen LogP contribution in [0.2, 0.25) is 0 Å². The average Bonchev–Trinajstić information content (AvgIpc) is 3.20. The molecule has 0 fully saturated rings. The summed E-state index contributed by atoms with van der Waals surface area (Å²) in [4.78, 5) is 0. The molecule has 0 saturated heterocycles. The molecule has 0 aliphatic heterocycles. The van der Waals surface area contributed by atoms with E-state index in [0.29, 0.717) is 24.8 Å².